The van der Waals surface area contributed by atoms with Crippen LogP contribution in [0.3, 0.4) is 0 Å². The van der Waals surface area contributed by atoms with Gasteiger partial charge in [0.1, 0.15) is 10.7 Å². The molecule has 0 aliphatic heterocycles. The molecule has 0 saturated heterocycles. The summed E-state index contributed by atoms with van der Waals surface area (Å²) in [6.45, 7) is 3.17. The van der Waals surface area contributed by atoms with Gasteiger partial charge in [0.15, 0.2) is 0 Å². The van der Waals surface area contributed by atoms with Crippen LogP contribution in [0.1, 0.15) is 37.0 Å². The fourth-order valence-corrected chi connectivity index (χ4v) is 2.84. The van der Waals surface area contributed by atoms with E-state index in [1.54, 1.807) is 13.8 Å². The van der Waals surface area contributed by atoms with Gasteiger partial charge < -0.3 is 10.2 Å². The first kappa shape index (κ1) is 17.5. The lowest BCUT2D eigenvalue weighted by Crippen LogP contribution is -2.42. The minimum Gasteiger partial charge on any atom is -0.478 e. The van der Waals surface area contributed by atoms with Crippen LogP contribution in [0.2, 0.25) is 0 Å². The Morgan fingerprint density at radius 2 is 1.90 bits per heavy atom. The first-order valence-corrected chi connectivity index (χ1v) is 7.88. The molecule has 0 spiro atoms. The molecule has 1 aromatic carbocycles. The van der Waals surface area contributed by atoms with Crippen LogP contribution < -0.4 is 4.72 Å². The van der Waals surface area contributed by atoms with E-state index in [4.69, 9.17) is 5.11 Å². The summed E-state index contributed by atoms with van der Waals surface area (Å²) >= 11 is 0. The number of hydrogen-bond donors (Lipinski definition) is 3. The maximum absolute atomic E-state index is 13.7. The zero-order valence-electron chi connectivity index (χ0n) is 11.8. The summed E-state index contributed by atoms with van der Waals surface area (Å²) in [6.07, 6.45) is 0.679. The number of halogens is 1. The quantitative estimate of drug-likeness (QED) is 0.704. The van der Waals surface area contributed by atoms with E-state index in [0.717, 1.165) is 12.1 Å². The molecule has 0 radical (unpaired) electrons. The number of sulfonamides is 1. The standard InChI is InChI=1S/C13H18FNO5S/c1-3-13(18,4-2)8-15-21(19,20)11-6-5-9(12(16)17)7-10(11)14/h5-7,15,18H,3-4,8H2,1-2H3,(H,16,17). The minimum absolute atomic E-state index is 0.248. The highest BCUT2D eigenvalue weighted by Gasteiger charge is 2.27. The molecule has 0 bridgehead atoms. The molecule has 21 heavy (non-hydrogen) atoms. The second kappa shape index (κ2) is 6.50. The van der Waals surface area contributed by atoms with Crippen LogP contribution in [-0.2, 0) is 10.0 Å². The van der Waals surface area contributed by atoms with Crippen molar-refractivity contribution in [2.45, 2.75) is 37.2 Å². The molecule has 0 aromatic heterocycles. The molecule has 0 amide bonds. The molecule has 8 heteroatoms. The minimum atomic E-state index is -4.16. The van der Waals surface area contributed by atoms with Crippen molar-refractivity contribution in [2.75, 3.05) is 6.54 Å². The number of nitrogens with one attached hydrogen (secondary N) is 1. The van der Waals surface area contributed by atoms with E-state index in [9.17, 15) is 22.7 Å². The van der Waals surface area contributed by atoms with Crippen molar-refractivity contribution in [1.29, 1.82) is 0 Å². The Bertz CT molecular complexity index is 625. The van der Waals surface area contributed by atoms with Crippen molar-refractivity contribution in [3.8, 4) is 0 Å². The fraction of sp³-hybridized carbons (Fsp3) is 0.462. The van der Waals surface area contributed by atoms with Gasteiger partial charge in [-0.3, -0.25) is 0 Å². The lowest BCUT2D eigenvalue weighted by molar-refractivity contribution is 0.0377. The average Bonchev–Trinajstić information content (AvgIpc) is 2.44. The molecule has 0 atom stereocenters. The number of rotatable bonds is 7. The molecule has 1 rings (SSSR count). The molecule has 0 aliphatic carbocycles. The smallest absolute Gasteiger partial charge is 0.335 e. The topological polar surface area (TPSA) is 104 Å². The van der Waals surface area contributed by atoms with E-state index >= 15 is 0 Å². The molecule has 0 fully saturated rings. The third-order valence-corrected chi connectivity index (χ3v) is 4.81. The molecule has 1 aromatic rings. The Balaban J connectivity index is 3.01. The third kappa shape index (κ3) is 4.23. The summed E-state index contributed by atoms with van der Waals surface area (Å²) < 4.78 is 39.9. The van der Waals surface area contributed by atoms with Crippen LogP contribution in [0.4, 0.5) is 4.39 Å². The van der Waals surface area contributed by atoms with E-state index in [0.29, 0.717) is 18.9 Å². The van der Waals surface area contributed by atoms with E-state index in [1.807, 2.05) is 0 Å². The normalized spacial score (nSPS) is 12.4. The molecule has 0 heterocycles. The van der Waals surface area contributed by atoms with Crippen LogP contribution in [0.5, 0.6) is 0 Å². The van der Waals surface area contributed by atoms with Crippen LogP contribution in [0.15, 0.2) is 23.1 Å². The molecular formula is C13H18FNO5S. The first-order valence-electron chi connectivity index (χ1n) is 6.40. The molecule has 3 N–H and O–H groups in total. The summed E-state index contributed by atoms with van der Waals surface area (Å²) in [4.78, 5) is 10.0. The zero-order chi connectivity index (χ0) is 16.3. The lowest BCUT2D eigenvalue weighted by Gasteiger charge is -2.25. The van der Waals surface area contributed by atoms with Gasteiger partial charge in [-0.15, -0.1) is 0 Å². The maximum atomic E-state index is 13.7. The van der Waals surface area contributed by atoms with E-state index in [2.05, 4.69) is 4.72 Å². The van der Waals surface area contributed by atoms with Gasteiger partial charge in [-0.2, -0.15) is 0 Å². The van der Waals surface area contributed by atoms with Crippen LogP contribution in [0.25, 0.3) is 0 Å². The van der Waals surface area contributed by atoms with E-state index in [-0.39, 0.29) is 12.1 Å². The van der Waals surface area contributed by atoms with Crippen LogP contribution >= 0.6 is 0 Å². The average molecular weight is 319 g/mol. The van der Waals surface area contributed by atoms with Crippen molar-refractivity contribution >= 4 is 16.0 Å². The summed E-state index contributed by atoms with van der Waals surface area (Å²) in [5.74, 6) is -2.50. The fourth-order valence-electron chi connectivity index (χ4n) is 1.66. The zero-order valence-corrected chi connectivity index (χ0v) is 12.6. The Labute approximate surface area is 122 Å². The second-order valence-corrected chi connectivity index (χ2v) is 6.44. The molecule has 0 saturated carbocycles. The summed E-state index contributed by atoms with van der Waals surface area (Å²) in [6, 6.07) is 2.53. The van der Waals surface area contributed by atoms with Crippen molar-refractivity contribution in [2.24, 2.45) is 0 Å². The van der Waals surface area contributed by atoms with Gasteiger partial charge in [0, 0.05) is 6.54 Å². The van der Waals surface area contributed by atoms with Crippen molar-refractivity contribution in [1.82, 2.24) is 4.72 Å². The largest absolute Gasteiger partial charge is 0.478 e. The van der Waals surface area contributed by atoms with Gasteiger partial charge >= 0.3 is 5.97 Å². The van der Waals surface area contributed by atoms with Gasteiger partial charge in [-0.1, -0.05) is 13.8 Å². The number of carboxylic acid groups (broad SMARTS) is 1. The van der Waals surface area contributed by atoms with Gasteiger partial charge in [-0.05, 0) is 31.0 Å². The molecule has 0 unspecified atom stereocenters. The SMILES string of the molecule is CCC(O)(CC)CNS(=O)(=O)c1ccc(C(=O)O)cc1F. The maximum Gasteiger partial charge on any atom is 0.335 e. The third-order valence-electron chi connectivity index (χ3n) is 3.38. The van der Waals surface area contributed by atoms with Gasteiger partial charge in [0.25, 0.3) is 0 Å². The first-order chi connectivity index (χ1) is 9.65. The highest BCUT2D eigenvalue weighted by molar-refractivity contribution is 7.89. The molecule has 0 aliphatic rings. The van der Waals surface area contributed by atoms with Crippen LogP contribution in [-0.4, -0.2) is 36.7 Å². The molecule has 6 nitrogen and oxygen atoms in total. The van der Waals surface area contributed by atoms with Gasteiger partial charge in [0.05, 0.1) is 11.2 Å². The van der Waals surface area contributed by atoms with Crippen molar-refractivity contribution in [3.63, 3.8) is 0 Å². The summed E-state index contributed by atoms with van der Waals surface area (Å²) in [5, 5.41) is 18.7. The number of carbonyl (C=O) groups is 1. The molecule has 118 valence electrons. The second-order valence-electron chi connectivity index (χ2n) is 4.71. The number of benzene rings is 1. The highest BCUT2D eigenvalue weighted by atomic mass is 32.2. The summed E-state index contributed by atoms with van der Waals surface area (Å²) in [7, 11) is -4.16. The Morgan fingerprint density at radius 3 is 2.33 bits per heavy atom. The number of aromatic carboxylic acids is 1. The monoisotopic (exact) mass is 319 g/mol. The Kier molecular flexibility index (Phi) is 5.43. The summed E-state index contributed by atoms with van der Waals surface area (Å²) in [5.41, 5.74) is -1.55. The Hall–Kier alpha value is -1.51. The predicted octanol–water partition coefficient (Wildman–Crippen LogP) is 1.35. The number of hydrogen-bond acceptors (Lipinski definition) is 4. The molecular weight excluding hydrogens is 301 g/mol. The van der Waals surface area contributed by atoms with E-state index in [1.165, 1.54) is 0 Å². The van der Waals surface area contributed by atoms with Crippen molar-refractivity contribution < 1.29 is 27.8 Å². The number of aliphatic hydroxyl groups is 1. The Morgan fingerprint density at radius 1 is 1.33 bits per heavy atom. The van der Waals surface area contributed by atoms with Crippen molar-refractivity contribution in [3.05, 3.63) is 29.6 Å². The van der Waals surface area contributed by atoms with Crippen LogP contribution in [0, 0.1) is 5.82 Å². The number of carboxylic acids is 1. The van der Waals surface area contributed by atoms with Gasteiger partial charge in [-0.25, -0.2) is 22.3 Å². The van der Waals surface area contributed by atoms with E-state index < -0.39 is 32.3 Å². The van der Waals surface area contributed by atoms with Gasteiger partial charge in [0.2, 0.25) is 10.0 Å². The highest BCUT2D eigenvalue weighted by Crippen LogP contribution is 2.18. The lowest BCUT2D eigenvalue weighted by atomic mass is 9.98. The predicted molar refractivity (Wildman–Crippen MR) is 74.1 cm³/mol.